The number of anilines is 1. The highest BCUT2D eigenvalue weighted by atomic mass is 16.7. The van der Waals surface area contributed by atoms with Gasteiger partial charge in [0.2, 0.25) is 5.91 Å². The first kappa shape index (κ1) is 21.9. The number of likely N-dealkylation sites (N-methyl/N-ethyl adjacent to an activating group) is 2. The average molecular weight is 436 g/mol. The van der Waals surface area contributed by atoms with Crippen molar-refractivity contribution in [3.8, 4) is 22.6 Å². The van der Waals surface area contributed by atoms with Gasteiger partial charge in [-0.3, -0.25) is 9.89 Å². The van der Waals surface area contributed by atoms with Crippen molar-refractivity contribution >= 4 is 11.6 Å². The average Bonchev–Trinajstić information content (AvgIpc) is 3.33. The molecule has 2 aromatic carbocycles. The van der Waals surface area contributed by atoms with Crippen LogP contribution in [-0.4, -0.2) is 66.9 Å². The van der Waals surface area contributed by atoms with E-state index in [0.717, 1.165) is 29.0 Å². The zero-order chi connectivity index (χ0) is 22.5. The number of benzene rings is 2. The first-order chi connectivity index (χ1) is 15.5. The summed E-state index contributed by atoms with van der Waals surface area (Å²) in [7, 11) is 5.92. The van der Waals surface area contributed by atoms with E-state index in [-0.39, 0.29) is 11.8 Å². The van der Waals surface area contributed by atoms with Gasteiger partial charge in [0.05, 0.1) is 17.8 Å². The van der Waals surface area contributed by atoms with Gasteiger partial charge in [-0.2, -0.15) is 5.10 Å². The summed E-state index contributed by atoms with van der Waals surface area (Å²) in [6, 6.07) is 13.6. The molecule has 2 heterocycles. The predicted octanol–water partition coefficient (Wildman–Crippen LogP) is 3.05. The van der Waals surface area contributed by atoms with Crippen LogP contribution in [0.3, 0.4) is 0 Å². The number of carbonyl (C=O) groups excluding carboxylic acids is 1. The number of aromatic nitrogens is 2. The van der Waals surface area contributed by atoms with Crippen LogP contribution in [-0.2, 0) is 11.2 Å². The summed E-state index contributed by atoms with van der Waals surface area (Å²) in [5.41, 5.74) is 3.57. The van der Waals surface area contributed by atoms with Gasteiger partial charge in [0, 0.05) is 31.9 Å². The lowest BCUT2D eigenvalue weighted by Crippen LogP contribution is -2.33. The number of para-hydroxylation sites is 1. The molecule has 2 N–H and O–H groups in total. The smallest absolute Gasteiger partial charge is 0.231 e. The summed E-state index contributed by atoms with van der Waals surface area (Å²) in [6.45, 7) is 1.91. The summed E-state index contributed by atoms with van der Waals surface area (Å²) >= 11 is 0. The fraction of sp³-hybridized carbons (Fsp3) is 0.333. The van der Waals surface area contributed by atoms with Crippen LogP contribution in [0.25, 0.3) is 11.1 Å². The van der Waals surface area contributed by atoms with Crippen LogP contribution < -0.4 is 14.9 Å². The molecular weight excluding hydrogens is 406 g/mol. The quantitative estimate of drug-likeness (QED) is 0.529. The Balaban J connectivity index is 1.52. The van der Waals surface area contributed by atoms with Gasteiger partial charge in [0.1, 0.15) is 12.4 Å². The molecule has 0 bridgehead atoms. The Bertz CT molecular complexity index is 1050. The van der Waals surface area contributed by atoms with Crippen LogP contribution in [0.1, 0.15) is 5.56 Å². The van der Waals surface area contributed by atoms with E-state index >= 15 is 0 Å². The van der Waals surface area contributed by atoms with Crippen molar-refractivity contribution in [3.05, 3.63) is 60.4 Å². The molecule has 32 heavy (non-hydrogen) atoms. The number of carbonyl (C=O) groups is 1. The highest BCUT2D eigenvalue weighted by Crippen LogP contribution is 2.33. The van der Waals surface area contributed by atoms with Crippen LogP contribution in [0.5, 0.6) is 11.5 Å². The van der Waals surface area contributed by atoms with Crippen molar-refractivity contribution in [2.45, 2.75) is 6.42 Å². The van der Waals surface area contributed by atoms with Crippen LogP contribution in [0.2, 0.25) is 0 Å². The lowest BCUT2D eigenvalue weighted by molar-refractivity contribution is -0.121. The molecule has 0 fully saturated rings. The largest absolute Gasteiger partial charge is 0.492 e. The molecule has 0 aliphatic carbocycles. The van der Waals surface area contributed by atoms with Crippen LogP contribution in [0.15, 0.2) is 54.9 Å². The molecule has 1 unspecified atom stereocenters. The minimum Gasteiger partial charge on any atom is -0.492 e. The Kier molecular flexibility index (Phi) is 6.72. The molecule has 4 rings (SSSR count). The fourth-order valence-electron chi connectivity index (χ4n) is 3.58. The number of hydrogen-bond donors (Lipinski definition) is 2. The fourth-order valence-corrected chi connectivity index (χ4v) is 3.58. The Labute approximate surface area is 188 Å². The second-order valence-electron chi connectivity index (χ2n) is 8.25. The van der Waals surface area contributed by atoms with Crippen molar-refractivity contribution in [3.63, 3.8) is 0 Å². The first-order valence-electron chi connectivity index (χ1n) is 10.7. The lowest BCUT2D eigenvalue weighted by atomic mass is 9.96. The standard InChI is InChI=1S/C24H29N5O3/c1-28(2)10-11-29(3)32-23-13-17(20-14-25-26-15-20)8-9-21(23)27-24(30)19-12-18-6-4-5-7-22(18)31-16-19/h4-9,13-15,19H,10-12,16H2,1-3H3,(H,25,26)(H,27,30). The van der Waals surface area contributed by atoms with E-state index < -0.39 is 0 Å². The molecule has 8 nitrogen and oxygen atoms in total. The molecular formula is C24H29N5O3. The Morgan fingerprint density at radius 2 is 2.03 bits per heavy atom. The number of fused-ring (bicyclic) bond motifs is 1. The Morgan fingerprint density at radius 3 is 2.81 bits per heavy atom. The molecule has 3 aromatic rings. The molecule has 0 spiro atoms. The van der Waals surface area contributed by atoms with Crippen LogP contribution in [0.4, 0.5) is 5.69 Å². The monoisotopic (exact) mass is 435 g/mol. The molecule has 1 aliphatic rings. The van der Waals surface area contributed by atoms with Crippen LogP contribution in [0, 0.1) is 5.92 Å². The minimum absolute atomic E-state index is 0.0867. The van der Waals surface area contributed by atoms with Crippen molar-refractivity contribution < 1.29 is 14.4 Å². The van der Waals surface area contributed by atoms with E-state index in [9.17, 15) is 4.79 Å². The molecule has 0 saturated heterocycles. The summed E-state index contributed by atoms with van der Waals surface area (Å²) in [5, 5.41) is 11.7. The number of ether oxygens (including phenoxy) is 1. The summed E-state index contributed by atoms with van der Waals surface area (Å²) in [5.74, 6) is 1.08. The van der Waals surface area contributed by atoms with Crippen molar-refractivity contribution in [2.75, 3.05) is 46.2 Å². The number of hydrogen-bond acceptors (Lipinski definition) is 6. The van der Waals surface area contributed by atoms with Gasteiger partial charge in [0.25, 0.3) is 0 Å². The molecule has 0 saturated carbocycles. The van der Waals surface area contributed by atoms with Crippen molar-refractivity contribution in [1.29, 1.82) is 0 Å². The SMILES string of the molecule is CN(C)CCN(C)Oc1cc(-c2cn[nH]c2)ccc1NC(=O)C1COc2ccccc2C1. The second-order valence-corrected chi connectivity index (χ2v) is 8.25. The van der Waals surface area contributed by atoms with E-state index in [2.05, 4.69) is 20.4 Å². The Morgan fingerprint density at radius 1 is 1.19 bits per heavy atom. The van der Waals surface area contributed by atoms with Gasteiger partial charge < -0.3 is 19.8 Å². The number of amides is 1. The maximum Gasteiger partial charge on any atom is 0.231 e. The summed E-state index contributed by atoms with van der Waals surface area (Å²) in [4.78, 5) is 21.3. The minimum atomic E-state index is -0.266. The first-order valence-corrected chi connectivity index (χ1v) is 10.7. The molecule has 1 aliphatic heterocycles. The molecule has 1 aromatic heterocycles. The summed E-state index contributed by atoms with van der Waals surface area (Å²) in [6.07, 6.45) is 4.22. The van der Waals surface area contributed by atoms with Crippen LogP contribution >= 0.6 is 0 Å². The topological polar surface area (TPSA) is 82.7 Å². The van der Waals surface area contributed by atoms with Gasteiger partial charge in [-0.15, -0.1) is 5.06 Å². The molecule has 1 amide bonds. The molecule has 8 heteroatoms. The molecule has 0 radical (unpaired) electrons. The third kappa shape index (κ3) is 5.27. The zero-order valence-corrected chi connectivity index (χ0v) is 18.7. The van der Waals surface area contributed by atoms with Crippen molar-refractivity contribution in [1.82, 2.24) is 20.2 Å². The third-order valence-electron chi connectivity index (χ3n) is 5.44. The number of aromatic amines is 1. The molecule has 1 atom stereocenters. The second kappa shape index (κ2) is 9.84. The maximum absolute atomic E-state index is 13.1. The van der Waals surface area contributed by atoms with E-state index in [4.69, 9.17) is 9.57 Å². The lowest BCUT2D eigenvalue weighted by Gasteiger charge is -2.25. The number of nitrogens with zero attached hydrogens (tertiary/aromatic N) is 3. The highest BCUT2D eigenvalue weighted by molar-refractivity contribution is 5.95. The maximum atomic E-state index is 13.1. The van der Waals surface area contributed by atoms with E-state index in [1.165, 1.54) is 0 Å². The highest BCUT2D eigenvalue weighted by Gasteiger charge is 2.26. The molecule has 168 valence electrons. The van der Waals surface area contributed by atoms with Gasteiger partial charge in [0.15, 0.2) is 5.75 Å². The van der Waals surface area contributed by atoms with Gasteiger partial charge >= 0.3 is 0 Å². The van der Waals surface area contributed by atoms with Gasteiger partial charge in [-0.1, -0.05) is 24.3 Å². The normalized spacial score (nSPS) is 15.3. The van der Waals surface area contributed by atoms with Crippen molar-refractivity contribution in [2.24, 2.45) is 5.92 Å². The number of hydroxylamine groups is 2. The van der Waals surface area contributed by atoms with Gasteiger partial charge in [-0.05, 0) is 49.8 Å². The Hall–Kier alpha value is -3.36. The number of H-pyrrole nitrogens is 1. The number of nitrogens with one attached hydrogen (secondary N) is 2. The number of rotatable bonds is 8. The summed E-state index contributed by atoms with van der Waals surface area (Å²) < 4.78 is 5.80. The predicted molar refractivity (Wildman–Crippen MR) is 124 cm³/mol. The van der Waals surface area contributed by atoms with E-state index in [0.29, 0.717) is 31.0 Å². The third-order valence-corrected chi connectivity index (χ3v) is 5.44. The zero-order valence-electron chi connectivity index (χ0n) is 18.7. The van der Waals surface area contributed by atoms with Gasteiger partial charge in [-0.25, -0.2) is 0 Å². The van der Waals surface area contributed by atoms with E-state index in [1.54, 1.807) is 11.3 Å². The van der Waals surface area contributed by atoms with E-state index in [1.807, 2.05) is 69.8 Å².